The molecule has 31 heavy (non-hydrogen) atoms. The van der Waals surface area contributed by atoms with Crippen molar-refractivity contribution >= 4 is 40.0 Å². The molecule has 0 saturated heterocycles. The van der Waals surface area contributed by atoms with Crippen LogP contribution in [0.4, 0.5) is 0 Å². The van der Waals surface area contributed by atoms with Gasteiger partial charge >= 0.3 is 0 Å². The molecule has 1 heterocycles. The van der Waals surface area contributed by atoms with Crippen LogP contribution in [0.1, 0.15) is 16.8 Å². The van der Waals surface area contributed by atoms with E-state index in [1.807, 2.05) is 31.2 Å². The highest BCUT2D eigenvalue weighted by Gasteiger charge is 2.08. The highest BCUT2D eigenvalue weighted by Crippen LogP contribution is 2.19. The number of halogens is 1. The first-order chi connectivity index (χ1) is 14.3. The van der Waals surface area contributed by atoms with Gasteiger partial charge in [-0.2, -0.15) is 0 Å². The summed E-state index contributed by atoms with van der Waals surface area (Å²) in [5.74, 6) is 1.22. The van der Waals surface area contributed by atoms with Gasteiger partial charge in [-0.15, -0.1) is 24.0 Å². The summed E-state index contributed by atoms with van der Waals surface area (Å²) in [6.07, 6.45) is 2.33. The maximum atomic E-state index is 11.3. The Hall–Kier alpha value is -2.44. The summed E-state index contributed by atoms with van der Waals surface area (Å²) in [6.45, 7) is 3.13. The van der Waals surface area contributed by atoms with Crippen LogP contribution in [0.15, 0.2) is 69.1 Å². The van der Waals surface area contributed by atoms with Gasteiger partial charge in [0.2, 0.25) is 15.9 Å². The number of sulfonamides is 1. The third kappa shape index (κ3) is 7.33. The predicted molar refractivity (Wildman–Crippen MR) is 132 cm³/mol. The molecule has 0 aliphatic carbocycles. The van der Waals surface area contributed by atoms with Crippen LogP contribution in [0.2, 0.25) is 0 Å². The monoisotopic (exact) mass is 555 g/mol. The number of rotatable bonds is 7. The highest BCUT2D eigenvalue weighted by molar-refractivity contribution is 14.0. The van der Waals surface area contributed by atoms with Gasteiger partial charge in [-0.3, -0.25) is 4.99 Å². The van der Waals surface area contributed by atoms with Gasteiger partial charge in [0.1, 0.15) is 6.26 Å². The lowest BCUT2D eigenvalue weighted by Gasteiger charge is -2.11. The molecule has 0 bridgehead atoms. The van der Waals surface area contributed by atoms with Crippen molar-refractivity contribution < 1.29 is 12.8 Å². The van der Waals surface area contributed by atoms with Gasteiger partial charge in [-0.05, 0) is 43.2 Å². The van der Waals surface area contributed by atoms with Crippen LogP contribution in [0, 0.1) is 6.92 Å². The molecule has 8 nitrogen and oxygen atoms in total. The molecular formula is C21H26IN5O3S. The summed E-state index contributed by atoms with van der Waals surface area (Å²) >= 11 is 0. The van der Waals surface area contributed by atoms with Crippen molar-refractivity contribution in [2.45, 2.75) is 24.8 Å². The zero-order valence-electron chi connectivity index (χ0n) is 17.3. The standard InChI is InChI=1S/C21H25N5O3S.HI/c1-15-3-7-17(8-4-15)20-26-18(14-29-20)13-25-21(23-2)24-12-11-16-5-9-19(10-6-16)30(22,27)28;/h3-10,14H,11-13H2,1-2H3,(H2,22,27,28)(H2,23,24,25);1H. The fourth-order valence-electron chi connectivity index (χ4n) is 2.78. The van der Waals surface area contributed by atoms with E-state index in [0.29, 0.717) is 31.4 Å². The minimum absolute atomic E-state index is 0. The van der Waals surface area contributed by atoms with Gasteiger partial charge in [0.05, 0.1) is 17.1 Å². The second-order valence-corrected chi connectivity index (χ2v) is 8.36. The fourth-order valence-corrected chi connectivity index (χ4v) is 3.30. The fraction of sp³-hybridized carbons (Fsp3) is 0.238. The van der Waals surface area contributed by atoms with Crippen LogP contribution in [0.3, 0.4) is 0 Å². The minimum atomic E-state index is -3.67. The van der Waals surface area contributed by atoms with Gasteiger partial charge < -0.3 is 15.1 Å². The molecule has 1 aromatic heterocycles. The molecule has 0 saturated carbocycles. The highest BCUT2D eigenvalue weighted by atomic mass is 127. The third-order valence-electron chi connectivity index (χ3n) is 4.47. The number of nitrogens with one attached hydrogen (secondary N) is 2. The normalized spacial score (nSPS) is 11.6. The van der Waals surface area contributed by atoms with Crippen LogP contribution in [-0.2, 0) is 23.0 Å². The van der Waals surface area contributed by atoms with E-state index < -0.39 is 10.0 Å². The first-order valence-corrected chi connectivity index (χ1v) is 11.0. The van der Waals surface area contributed by atoms with Crippen LogP contribution in [0.25, 0.3) is 11.5 Å². The second-order valence-electron chi connectivity index (χ2n) is 6.80. The molecule has 3 rings (SSSR count). The smallest absolute Gasteiger partial charge is 0.238 e. The van der Waals surface area contributed by atoms with E-state index in [4.69, 9.17) is 9.56 Å². The topological polar surface area (TPSA) is 123 Å². The largest absolute Gasteiger partial charge is 0.444 e. The van der Waals surface area contributed by atoms with Crippen LogP contribution in [0.5, 0.6) is 0 Å². The number of guanidine groups is 1. The molecule has 10 heteroatoms. The average molecular weight is 555 g/mol. The van der Waals surface area contributed by atoms with Crippen LogP contribution < -0.4 is 15.8 Å². The Bertz CT molecular complexity index is 1110. The van der Waals surface area contributed by atoms with Gasteiger partial charge in [0.15, 0.2) is 5.96 Å². The van der Waals surface area contributed by atoms with Crippen LogP contribution >= 0.6 is 24.0 Å². The second kappa shape index (κ2) is 11.3. The number of hydrogen-bond acceptors (Lipinski definition) is 5. The Labute approximate surface area is 199 Å². The van der Waals surface area contributed by atoms with E-state index in [9.17, 15) is 8.42 Å². The Morgan fingerprint density at radius 1 is 1.10 bits per heavy atom. The van der Waals surface area contributed by atoms with Crippen molar-refractivity contribution in [1.29, 1.82) is 0 Å². The van der Waals surface area contributed by atoms with E-state index in [1.165, 1.54) is 17.7 Å². The molecule has 166 valence electrons. The number of hydrogen-bond donors (Lipinski definition) is 3. The average Bonchev–Trinajstić information content (AvgIpc) is 3.20. The number of primary sulfonamides is 1. The summed E-state index contributed by atoms with van der Waals surface area (Å²) in [7, 11) is -1.98. The summed E-state index contributed by atoms with van der Waals surface area (Å²) in [4.78, 5) is 8.80. The van der Waals surface area contributed by atoms with E-state index in [2.05, 4.69) is 20.6 Å². The van der Waals surface area contributed by atoms with Crippen molar-refractivity contribution in [1.82, 2.24) is 15.6 Å². The molecule has 4 N–H and O–H groups in total. The van der Waals surface area contributed by atoms with Crippen molar-refractivity contribution in [3.63, 3.8) is 0 Å². The van der Waals surface area contributed by atoms with Crippen molar-refractivity contribution in [2.24, 2.45) is 10.1 Å². The summed E-state index contributed by atoms with van der Waals surface area (Å²) in [5, 5.41) is 11.5. The van der Waals surface area contributed by atoms with Crippen LogP contribution in [-0.4, -0.2) is 33.0 Å². The number of aromatic nitrogens is 1. The quantitative estimate of drug-likeness (QED) is 0.234. The summed E-state index contributed by atoms with van der Waals surface area (Å²) in [6, 6.07) is 14.5. The number of oxazole rings is 1. The van der Waals surface area contributed by atoms with E-state index in [0.717, 1.165) is 16.8 Å². The molecule has 0 radical (unpaired) electrons. The molecule has 2 aromatic carbocycles. The summed E-state index contributed by atoms with van der Waals surface area (Å²) in [5.41, 5.74) is 3.88. The SMILES string of the molecule is CN=C(NCCc1ccc(S(N)(=O)=O)cc1)NCc1coc(-c2ccc(C)cc2)n1.I. The zero-order valence-corrected chi connectivity index (χ0v) is 20.5. The lowest BCUT2D eigenvalue weighted by Crippen LogP contribution is -2.37. The predicted octanol–water partition coefficient (Wildman–Crippen LogP) is 2.82. The molecule has 0 unspecified atom stereocenters. The summed E-state index contributed by atoms with van der Waals surface area (Å²) < 4.78 is 28.2. The van der Waals surface area contributed by atoms with Gasteiger partial charge in [-0.1, -0.05) is 29.8 Å². The zero-order chi connectivity index (χ0) is 21.6. The number of nitrogens with zero attached hydrogens (tertiary/aromatic N) is 2. The molecule has 0 fully saturated rings. The molecule has 0 aliphatic heterocycles. The lowest BCUT2D eigenvalue weighted by atomic mass is 10.1. The molecule has 0 atom stereocenters. The van der Waals surface area contributed by atoms with Crippen molar-refractivity contribution in [3.8, 4) is 11.5 Å². The van der Waals surface area contributed by atoms with E-state index in [-0.39, 0.29) is 28.9 Å². The number of aliphatic imine (C=N–C) groups is 1. The van der Waals surface area contributed by atoms with Gasteiger partial charge in [-0.25, -0.2) is 18.5 Å². The Morgan fingerprint density at radius 3 is 2.39 bits per heavy atom. The van der Waals surface area contributed by atoms with E-state index in [1.54, 1.807) is 25.4 Å². The maximum Gasteiger partial charge on any atom is 0.238 e. The first-order valence-electron chi connectivity index (χ1n) is 9.43. The molecular weight excluding hydrogens is 529 g/mol. The van der Waals surface area contributed by atoms with Crippen molar-refractivity contribution in [3.05, 3.63) is 71.6 Å². The molecule has 0 amide bonds. The Morgan fingerprint density at radius 2 is 1.77 bits per heavy atom. The van der Waals surface area contributed by atoms with Gasteiger partial charge in [0, 0.05) is 19.2 Å². The molecule has 0 aliphatic rings. The lowest BCUT2D eigenvalue weighted by molar-refractivity contribution is 0.572. The van der Waals surface area contributed by atoms with E-state index >= 15 is 0 Å². The maximum absolute atomic E-state index is 11.3. The van der Waals surface area contributed by atoms with Gasteiger partial charge in [0.25, 0.3) is 0 Å². The minimum Gasteiger partial charge on any atom is -0.444 e. The molecule has 3 aromatic rings. The third-order valence-corrected chi connectivity index (χ3v) is 5.40. The first kappa shape index (κ1) is 24.8. The number of nitrogens with two attached hydrogens (primary N) is 1. The number of benzene rings is 2. The van der Waals surface area contributed by atoms with Crippen molar-refractivity contribution in [2.75, 3.05) is 13.6 Å². The Kier molecular flexibility index (Phi) is 9.01. The molecule has 0 spiro atoms. The Balaban J connectivity index is 0.00000341. The number of aryl methyl sites for hydroxylation is 1.